The summed E-state index contributed by atoms with van der Waals surface area (Å²) in [7, 11) is 0. The molecule has 0 aliphatic rings. The summed E-state index contributed by atoms with van der Waals surface area (Å²) in [6.45, 7) is 6.04. The lowest BCUT2D eigenvalue weighted by Gasteiger charge is -2.15. The van der Waals surface area contributed by atoms with E-state index in [0.29, 0.717) is 33.9 Å². The van der Waals surface area contributed by atoms with Crippen molar-refractivity contribution in [3.05, 3.63) is 85.9 Å². The number of hydrogen-bond donors (Lipinski definition) is 1. The Balaban J connectivity index is 1.73. The van der Waals surface area contributed by atoms with E-state index in [9.17, 15) is 14.4 Å². The summed E-state index contributed by atoms with van der Waals surface area (Å²) >= 11 is 1.25. The third-order valence-corrected chi connectivity index (χ3v) is 6.21. The van der Waals surface area contributed by atoms with E-state index in [1.807, 2.05) is 32.9 Å². The van der Waals surface area contributed by atoms with Crippen LogP contribution in [0.4, 0.5) is 5.69 Å². The fourth-order valence-corrected chi connectivity index (χ4v) is 4.40. The fourth-order valence-electron chi connectivity index (χ4n) is 3.58. The molecule has 2 aromatic heterocycles. The van der Waals surface area contributed by atoms with E-state index >= 15 is 0 Å². The van der Waals surface area contributed by atoms with Crippen LogP contribution in [0, 0.1) is 13.8 Å². The van der Waals surface area contributed by atoms with E-state index < -0.39 is 5.69 Å². The van der Waals surface area contributed by atoms with Crippen LogP contribution in [0.5, 0.6) is 5.75 Å². The molecule has 1 amide bonds. The SMILES string of the molecule is CCOc1ccc(NC(=O)Cn2c(=O)n(-c3cccc(C)c3C)c(=O)c3sccc32)cc1. The van der Waals surface area contributed by atoms with Crippen LogP contribution in [0.3, 0.4) is 0 Å². The molecule has 2 heterocycles. The van der Waals surface area contributed by atoms with Crippen LogP contribution in [0.25, 0.3) is 15.9 Å². The Morgan fingerprint density at radius 1 is 1.06 bits per heavy atom. The Labute approximate surface area is 188 Å². The maximum atomic E-state index is 13.4. The molecule has 0 saturated carbocycles. The highest BCUT2D eigenvalue weighted by molar-refractivity contribution is 7.17. The normalized spacial score (nSPS) is 11.0. The number of carbonyl (C=O) groups excluding carboxylic acids is 1. The van der Waals surface area contributed by atoms with Gasteiger partial charge in [0.2, 0.25) is 5.91 Å². The molecule has 4 aromatic rings. The first kappa shape index (κ1) is 21.6. The lowest BCUT2D eigenvalue weighted by atomic mass is 10.1. The summed E-state index contributed by atoms with van der Waals surface area (Å²) in [4.78, 5) is 39.3. The average molecular weight is 450 g/mol. The molecule has 1 N–H and O–H groups in total. The number of amides is 1. The highest BCUT2D eigenvalue weighted by atomic mass is 32.1. The summed E-state index contributed by atoms with van der Waals surface area (Å²) in [6.07, 6.45) is 0. The van der Waals surface area contributed by atoms with Crippen molar-refractivity contribution in [2.75, 3.05) is 11.9 Å². The molecule has 7 nitrogen and oxygen atoms in total. The van der Waals surface area contributed by atoms with Crippen molar-refractivity contribution < 1.29 is 9.53 Å². The number of benzene rings is 2. The highest BCUT2D eigenvalue weighted by Gasteiger charge is 2.19. The van der Waals surface area contributed by atoms with Gasteiger partial charge in [-0.25, -0.2) is 9.36 Å². The van der Waals surface area contributed by atoms with Crippen LogP contribution in [0.1, 0.15) is 18.1 Å². The number of hydrogen-bond acceptors (Lipinski definition) is 5. The summed E-state index contributed by atoms with van der Waals surface area (Å²) in [5, 5.41) is 4.55. The zero-order valence-electron chi connectivity index (χ0n) is 18.0. The maximum Gasteiger partial charge on any atom is 0.336 e. The minimum Gasteiger partial charge on any atom is -0.494 e. The number of aromatic nitrogens is 2. The van der Waals surface area contributed by atoms with Gasteiger partial charge in [-0.3, -0.25) is 14.2 Å². The topological polar surface area (TPSA) is 82.3 Å². The van der Waals surface area contributed by atoms with Crippen LogP contribution in [0.15, 0.2) is 63.5 Å². The molecule has 4 rings (SSSR count). The van der Waals surface area contributed by atoms with Crippen LogP contribution in [0.2, 0.25) is 0 Å². The second-order valence-corrected chi connectivity index (χ2v) is 8.28. The smallest absolute Gasteiger partial charge is 0.336 e. The Hall–Kier alpha value is -3.65. The molecule has 8 heteroatoms. The van der Waals surface area contributed by atoms with E-state index in [-0.39, 0.29) is 18.0 Å². The molecule has 0 bridgehead atoms. The largest absolute Gasteiger partial charge is 0.494 e. The molecular weight excluding hydrogens is 426 g/mol. The molecule has 0 aliphatic carbocycles. The van der Waals surface area contributed by atoms with Gasteiger partial charge in [-0.1, -0.05) is 12.1 Å². The molecule has 0 radical (unpaired) electrons. The molecule has 0 spiro atoms. The van der Waals surface area contributed by atoms with Crippen molar-refractivity contribution in [1.29, 1.82) is 0 Å². The minimum atomic E-state index is -0.545. The first-order chi connectivity index (χ1) is 15.4. The number of carbonyl (C=O) groups is 1. The number of thiophene rings is 1. The van der Waals surface area contributed by atoms with E-state index in [0.717, 1.165) is 15.7 Å². The molecule has 164 valence electrons. The number of nitrogens with zero attached hydrogens (tertiary/aromatic N) is 2. The molecule has 0 fully saturated rings. The molecular formula is C24H23N3O4S. The highest BCUT2D eigenvalue weighted by Crippen LogP contribution is 2.20. The number of fused-ring (bicyclic) bond motifs is 1. The Kier molecular flexibility index (Phi) is 5.96. The van der Waals surface area contributed by atoms with E-state index in [4.69, 9.17) is 4.74 Å². The van der Waals surface area contributed by atoms with Crippen LogP contribution in [-0.4, -0.2) is 21.6 Å². The summed E-state index contributed by atoms with van der Waals surface area (Å²) in [5.74, 6) is 0.345. The lowest BCUT2D eigenvalue weighted by molar-refractivity contribution is -0.116. The van der Waals surface area contributed by atoms with Crippen LogP contribution < -0.4 is 21.3 Å². The van der Waals surface area contributed by atoms with Gasteiger partial charge >= 0.3 is 5.69 Å². The van der Waals surface area contributed by atoms with Crippen molar-refractivity contribution in [3.63, 3.8) is 0 Å². The van der Waals surface area contributed by atoms with Gasteiger partial charge in [0.05, 0.1) is 17.8 Å². The first-order valence-electron chi connectivity index (χ1n) is 10.2. The Morgan fingerprint density at radius 3 is 2.53 bits per heavy atom. The second kappa shape index (κ2) is 8.84. The van der Waals surface area contributed by atoms with Gasteiger partial charge in [0.15, 0.2) is 0 Å². The van der Waals surface area contributed by atoms with Gasteiger partial charge < -0.3 is 10.1 Å². The monoisotopic (exact) mass is 449 g/mol. The van der Waals surface area contributed by atoms with Crippen molar-refractivity contribution in [3.8, 4) is 11.4 Å². The fraction of sp³-hybridized carbons (Fsp3) is 0.208. The summed E-state index contributed by atoms with van der Waals surface area (Å²) in [5.41, 5.74) is 2.46. The predicted molar refractivity (Wildman–Crippen MR) is 127 cm³/mol. The molecule has 0 unspecified atom stereocenters. The number of nitrogens with one attached hydrogen (secondary N) is 1. The molecule has 0 atom stereocenters. The van der Waals surface area contributed by atoms with Crippen molar-refractivity contribution in [1.82, 2.24) is 9.13 Å². The molecule has 0 aliphatic heterocycles. The van der Waals surface area contributed by atoms with Gasteiger partial charge in [-0.15, -0.1) is 11.3 Å². The van der Waals surface area contributed by atoms with E-state index in [1.165, 1.54) is 15.9 Å². The third-order valence-electron chi connectivity index (χ3n) is 5.32. The Morgan fingerprint density at radius 2 is 1.81 bits per heavy atom. The lowest BCUT2D eigenvalue weighted by Crippen LogP contribution is -2.40. The first-order valence-corrected chi connectivity index (χ1v) is 11.1. The minimum absolute atomic E-state index is 0.218. The number of aryl methyl sites for hydroxylation is 1. The number of anilines is 1. The maximum absolute atomic E-state index is 13.4. The zero-order valence-corrected chi connectivity index (χ0v) is 18.9. The molecule has 2 aromatic carbocycles. The standard InChI is InChI=1S/C24H23N3O4S/c1-4-31-18-10-8-17(9-11-18)25-21(28)14-26-20-12-13-32-22(20)23(29)27(24(26)30)19-7-5-6-15(2)16(19)3/h5-13H,4,14H2,1-3H3,(H,25,28). The number of ether oxygens (including phenoxy) is 1. The van der Waals surface area contributed by atoms with Crippen molar-refractivity contribution in [2.24, 2.45) is 0 Å². The number of rotatable bonds is 6. The van der Waals surface area contributed by atoms with Gasteiger partial charge in [0, 0.05) is 5.69 Å². The molecule has 32 heavy (non-hydrogen) atoms. The van der Waals surface area contributed by atoms with Gasteiger partial charge in [0.25, 0.3) is 5.56 Å². The third kappa shape index (κ3) is 3.97. The molecule has 0 saturated heterocycles. The van der Waals surface area contributed by atoms with Crippen LogP contribution >= 0.6 is 11.3 Å². The van der Waals surface area contributed by atoms with Crippen molar-refractivity contribution >= 4 is 33.1 Å². The Bertz CT molecular complexity index is 1410. The van der Waals surface area contributed by atoms with Crippen LogP contribution in [-0.2, 0) is 11.3 Å². The van der Waals surface area contributed by atoms with Crippen molar-refractivity contribution in [2.45, 2.75) is 27.3 Å². The van der Waals surface area contributed by atoms with Gasteiger partial charge in [0.1, 0.15) is 17.0 Å². The second-order valence-electron chi connectivity index (χ2n) is 7.37. The average Bonchev–Trinajstić information content (AvgIpc) is 3.26. The summed E-state index contributed by atoms with van der Waals surface area (Å²) < 4.78 is 8.35. The predicted octanol–water partition coefficient (Wildman–Crippen LogP) is 3.87. The summed E-state index contributed by atoms with van der Waals surface area (Å²) in [6, 6.07) is 14.2. The zero-order chi connectivity index (χ0) is 22.8. The van der Waals surface area contributed by atoms with E-state index in [1.54, 1.807) is 41.8 Å². The van der Waals surface area contributed by atoms with Gasteiger partial charge in [-0.05, 0) is 73.7 Å². The van der Waals surface area contributed by atoms with Gasteiger partial charge in [-0.2, -0.15) is 0 Å². The van der Waals surface area contributed by atoms with E-state index in [2.05, 4.69) is 5.32 Å². The quantitative estimate of drug-likeness (QED) is 0.485.